The molecule has 2 atom stereocenters. The Bertz CT molecular complexity index is 376. The van der Waals surface area contributed by atoms with Crippen molar-refractivity contribution in [2.24, 2.45) is 10.7 Å². The monoisotopic (exact) mass is 248 g/mol. The molecule has 4 N–H and O–H groups in total. The number of nitrogens with two attached hydrogens (primary N) is 1. The predicted octanol–water partition coefficient (Wildman–Crippen LogP) is 0.547. The van der Waals surface area contributed by atoms with E-state index in [1.54, 1.807) is 6.08 Å². The van der Waals surface area contributed by atoms with Crippen LogP contribution in [0.4, 0.5) is 0 Å². The van der Waals surface area contributed by atoms with Crippen LogP contribution < -0.4 is 16.4 Å². The van der Waals surface area contributed by atoms with E-state index in [1.165, 1.54) is 0 Å². The van der Waals surface area contributed by atoms with Crippen molar-refractivity contribution in [1.29, 1.82) is 0 Å². The maximum absolute atomic E-state index is 10.4. The first-order valence-corrected chi connectivity index (χ1v) is 6.06. The van der Waals surface area contributed by atoms with Crippen molar-refractivity contribution in [3.8, 4) is 0 Å². The molecule has 1 rings (SSSR count). The molecular formula is C13H20N4O. The molecule has 0 aliphatic carbocycles. The smallest absolute Gasteiger partial charge is 0.236 e. The van der Waals surface area contributed by atoms with Crippen LogP contribution in [-0.2, 0) is 4.79 Å². The number of aliphatic imine (C=N–C) groups is 1. The Kier molecular flexibility index (Phi) is 6.91. The second-order valence-electron chi connectivity index (χ2n) is 4.09. The zero-order valence-electron chi connectivity index (χ0n) is 10.6. The minimum absolute atomic E-state index is 0.265. The lowest BCUT2D eigenvalue weighted by Crippen LogP contribution is -2.39. The van der Waals surface area contributed by atoms with Gasteiger partial charge in [-0.3, -0.25) is 5.32 Å². The normalized spacial score (nSPS) is 13.7. The lowest BCUT2D eigenvalue weighted by atomic mass is 10.1. The number of hydrogen-bond acceptors (Lipinski definition) is 5. The molecule has 0 aliphatic rings. The van der Waals surface area contributed by atoms with Crippen LogP contribution in [0.15, 0.2) is 35.3 Å². The lowest BCUT2D eigenvalue weighted by molar-refractivity contribution is 0.461. The lowest BCUT2D eigenvalue weighted by Gasteiger charge is -2.18. The molecule has 1 aromatic rings. The fraction of sp³-hybridized carbons (Fsp3) is 0.462. The summed E-state index contributed by atoms with van der Waals surface area (Å²) < 4.78 is 0. The van der Waals surface area contributed by atoms with E-state index in [1.807, 2.05) is 30.3 Å². The van der Waals surface area contributed by atoms with E-state index in [-0.39, 0.29) is 12.2 Å². The molecule has 0 saturated heterocycles. The number of rotatable bonds is 8. The van der Waals surface area contributed by atoms with Crippen molar-refractivity contribution < 1.29 is 4.79 Å². The SMILES string of the molecule is CC(CNC(N=C=O)c1ccccc1)NCCN. The third-order valence-corrected chi connectivity index (χ3v) is 2.55. The second kappa shape index (κ2) is 8.55. The molecule has 0 aliphatic heterocycles. The molecule has 2 unspecified atom stereocenters. The summed E-state index contributed by atoms with van der Waals surface area (Å²) in [6.45, 7) is 4.13. The van der Waals surface area contributed by atoms with E-state index in [9.17, 15) is 4.79 Å². The minimum atomic E-state index is -0.342. The molecule has 0 bridgehead atoms. The summed E-state index contributed by atoms with van der Waals surface area (Å²) in [4.78, 5) is 14.2. The van der Waals surface area contributed by atoms with E-state index < -0.39 is 0 Å². The Morgan fingerprint density at radius 2 is 2.06 bits per heavy atom. The Balaban J connectivity index is 2.52. The molecule has 18 heavy (non-hydrogen) atoms. The average molecular weight is 248 g/mol. The fourth-order valence-electron chi connectivity index (χ4n) is 1.62. The summed E-state index contributed by atoms with van der Waals surface area (Å²) in [6, 6.07) is 9.88. The van der Waals surface area contributed by atoms with Crippen LogP contribution in [0.25, 0.3) is 0 Å². The number of isocyanates is 1. The van der Waals surface area contributed by atoms with Crippen LogP contribution in [0, 0.1) is 0 Å². The topological polar surface area (TPSA) is 79.5 Å². The van der Waals surface area contributed by atoms with Crippen LogP contribution in [0.2, 0.25) is 0 Å². The molecule has 0 heterocycles. The number of benzene rings is 1. The van der Waals surface area contributed by atoms with Crippen molar-refractivity contribution in [3.63, 3.8) is 0 Å². The van der Waals surface area contributed by atoms with Gasteiger partial charge >= 0.3 is 0 Å². The molecule has 98 valence electrons. The Morgan fingerprint density at radius 3 is 2.67 bits per heavy atom. The molecule has 0 aromatic heterocycles. The van der Waals surface area contributed by atoms with Gasteiger partial charge in [-0.25, -0.2) is 4.79 Å². The van der Waals surface area contributed by atoms with Crippen LogP contribution >= 0.6 is 0 Å². The fourth-order valence-corrected chi connectivity index (χ4v) is 1.62. The third kappa shape index (κ3) is 5.21. The average Bonchev–Trinajstić information content (AvgIpc) is 2.42. The molecule has 1 aromatic carbocycles. The third-order valence-electron chi connectivity index (χ3n) is 2.55. The van der Waals surface area contributed by atoms with E-state index in [0.717, 1.165) is 12.1 Å². The summed E-state index contributed by atoms with van der Waals surface area (Å²) in [6.07, 6.45) is 1.26. The van der Waals surface area contributed by atoms with Gasteiger partial charge in [-0.15, -0.1) is 0 Å². The van der Waals surface area contributed by atoms with Crippen molar-refractivity contribution in [1.82, 2.24) is 10.6 Å². The highest BCUT2D eigenvalue weighted by molar-refractivity contribution is 5.35. The van der Waals surface area contributed by atoms with Gasteiger partial charge in [0.15, 0.2) is 0 Å². The van der Waals surface area contributed by atoms with Gasteiger partial charge in [-0.2, -0.15) is 4.99 Å². The summed E-state index contributed by atoms with van der Waals surface area (Å²) in [5.41, 5.74) is 6.37. The molecule has 0 fully saturated rings. The molecule has 5 heteroatoms. The van der Waals surface area contributed by atoms with Gasteiger partial charge in [0.05, 0.1) is 0 Å². The highest BCUT2D eigenvalue weighted by atomic mass is 16.1. The Hall–Kier alpha value is -1.52. The molecule has 0 radical (unpaired) electrons. The molecule has 0 saturated carbocycles. The Morgan fingerprint density at radius 1 is 1.33 bits per heavy atom. The van der Waals surface area contributed by atoms with Crippen molar-refractivity contribution in [2.45, 2.75) is 19.1 Å². The van der Waals surface area contributed by atoms with Gasteiger partial charge in [-0.05, 0) is 12.5 Å². The standard InChI is InChI=1S/C13H20N4O/c1-11(15-8-7-14)9-16-13(17-10-18)12-5-3-2-4-6-12/h2-6,11,13,15-16H,7-9,14H2,1H3. The quantitative estimate of drug-likeness (QED) is 0.463. The van der Waals surface area contributed by atoms with Gasteiger partial charge in [0.1, 0.15) is 6.17 Å². The van der Waals surface area contributed by atoms with Gasteiger partial charge in [0, 0.05) is 25.7 Å². The highest BCUT2D eigenvalue weighted by Gasteiger charge is 2.10. The van der Waals surface area contributed by atoms with Crippen molar-refractivity contribution in [3.05, 3.63) is 35.9 Å². The number of hydrogen-bond donors (Lipinski definition) is 3. The molecule has 0 amide bonds. The van der Waals surface area contributed by atoms with Crippen LogP contribution in [0.5, 0.6) is 0 Å². The van der Waals surface area contributed by atoms with Crippen LogP contribution in [-0.4, -0.2) is 31.8 Å². The minimum Gasteiger partial charge on any atom is -0.329 e. The van der Waals surface area contributed by atoms with Crippen LogP contribution in [0.1, 0.15) is 18.7 Å². The van der Waals surface area contributed by atoms with Crippen LogP contribution in [0.3, 0.4) is 0 Å². The molecular weight excluding hydrogens is 228 g/mol. The first-order chi connectivity index (χ1) is 8.77. The zero-order valence-corrected chi connectivity index (χ0v) is 10.6. The Labute approximate surface area is 107 Å². The van der Waals surface area contributed by atoms with Crippen molar-refractivity contribution in [2.75, 3.05) is 19.6 Å². The largest absolute Gasteiger partial charge is 0.329 e. The van der Waals surface area contributed by atoms with E-state index in [0.29, 0.717) is 13.1 Å². The van der Waals surface area contributed by atoms with E-state index in [2.05, 4.69) is 22.5 Å². The van der Waals surface area contributed by atoms with Gasteiger partial charge in [0.25, 0.3) is 0 Å². The zero-order chi connectivity index (χ0) is 13.2. The van der Waals surface area contributed by atoms with E-state index in [4.69, 9.17) is 5.73 Å². The highest BCUT2D eigenvalue weighted by Crippen LogP contribution is 2.12. The van der Waals surface area contributed by atoms with E-state index >= 15 is 0 Å². The maximum Gasteiger partial charge on any atom is 0.236 e. The number of nitrogens with one attached hydrogen (secondary N) is 2. The summed E-state index contributed by atoms with van der Waals surface area (Å²) in [5, 5.41) is 6.47. The molecule has 5 nitrogen and oxygen atoms in total. The van der Waals surface area contributed by atoms with Gasteiger partial charge < -0.3 is 11.1 Å². The number of carbonyl (C=O) groups excluding carboxylic acids is 1. The summed E-state index contributed by atoms with van der Waals surface area (Å²) in [7, 11) is 0. The first kappa shape index (κ1) is 14.5. The second-order valence-corrected chi connectivity index (χ2v) is 4.09. The number of nitrogens with zero attached hydrogens (tertiary/aromatic N) is 1. The predicted molar refractivity (Wildman–Crippen MR) is 71.8 cm³/mol. The first-order valence-electron chi connectivity index (χ1n) is 6.06. The van der Waals surface area contributed by atoms with Gasteiger partial charge in [0.2, 0.25) is 6.08 Å². The maximum atomic E-state index is 10.4. The van der Waals surface area contributed by atoms with Crippen molar-refractivity contribution >= 4 is 6.08 Å². The van der Waals surface area contributed by atoms with Gasteiger partial charge in [-0.1, -0.05) is 30.3 Å². The molecule has 0 spiro atoms. The summed E-state index contributed by atoms with van der Waals surface area (Å²) in [5.74, 6) is 0. The summed E-state index contributed by atoms with van der Waals surface area (Å²) >= 11 is 0.